The van der Waals surface area contributed by atoms with Gasteiger partial charge in [-0.25, -0.2) is 4.39 Å². The summed E-state index contributed by atoms with van der Waals surface area (Å²) in [5.74, 6) is -0.814. The van der Waals surface area contributed by atoms with Crippen molar-refractivity contribution in [3.8, 4) is 0 Å². The number of carbonyl (C=O) groups excluding carboxylic acids is 2. The number of halogens is 1. The van der Waals surface area contributed by atoms with Crippen LogP contribution in [0.1, 0.15) is 37.8 Å². The molecule has 1 aliphatic rings. The van der Waals surface area contributed by atoms with E-state index in [9.17, 15) is 14.0 Å². The third-order valence-corrected chi connectivity index (χ3v) is 3.58. The van der Waals surface area contributed by atoms with E-state index in [4.69, 9.17) is 5.73 Å². The van der Waals surface area contributed by atoms with Crippen molar-refractivity contribution in [3.05, 3.63) is 35.1 Å². The van der Waals surface area contributed by atoms with Crippen LogP contribution in [-0.4, -0.2) is 16.7 Å². The predicted octanol–water partition coefficient (Wildman–Crippen LogP) is 1.96. The maximum absolute atomic E-state index is 13.3. The molecule has 0 unspecified atom stereocenters. The summed E-state index contributed by atoms with van der Waals surface area (Å²) >= 11 is 0. The molecule has 0 aliphatic carbocycles. The van der Waals surface area contributed by atoms with E-state index >= 15 is 0 Å². The SMILES string of the molecule is CC1(C)CC(=O)N(Cc2cc(F)ccc2CN)C(=O)C1. The van der Waals surface area contributed by atoms with Crippen LogP contribution in [0, 0.1) is 11.2 Å². The number of piperidine rings is 1. The average Bonchev–Trinajstić information content (AvgIpc) is 2.33. The van der Waals surface area contributed by atoms with Gasteiger partial charge < -0.3 is 5.73 Å². The minimum absolute atomic E-state index is 0.0953. The molecule has 2 amide bonds. The minimum Gasteiger partial charge on any atom is -0.326 e. The lowest BCUT2D eigenvalue weighted by Gasteiger charge is -2.35. The van der Waals surface area contributed by atoms with Crippen molar-refractivity contribution < 1.29 is 14.0 Å². The zero-order chi connectivity index (χ0) is 14.9. The number of likely N-dealkylation sites (tertiary alicyclic amines) is 1. The second-order valence-electron chi connectivity index (χ2n) is 6.01. The van der Waals surface area contributed by atoms with Gasteiger partial charge in [0, 0.05) is 19.4 Å². The molecule has 0 spiro atoms. The molecular formula is C15H19FN2O2. The fourth-order valence-corrected chi connectivity index (χ4v) is 2.50. The Hall–Kier alpha value is -1.75. The van der Waals surface area contributed by atoms with Gasteiger partial charge in [0.15, 0.2) is 0 Å². The fourth-order valence-electron chi connectivity index (χ4n) is 2.50. The van der Waals surface area contributed by atoms with Crippen LogP contribution >= 0.6 is 0 Å². The topological polar surface area (TPSA) is 63.4 Å². The first-order chi connectivity index (χ1) is 9.32. The number of benzene rings is 1. The highest BCUT2D eigenvalue weighted by Gasteiger charge is 2.37. The van der Waals surface area contributed by atoms with Crippen LogP contribution in [0.2, 0.25) is 0 Å². The zero-order valence-corrected chi connectivity index (χ0v) is 11.8. The van der Waals surface area contributed by atoms with Gasteiger partial charge in [0.05, 0.1) is 6.54 Å². The van der Waals surface area contributed by atoms with Gasteiger partial charge in [-0.1, -0.05) is 19.9 Å². The summed E-state index contributed by atoms with van der Waals surface area (Å²) in [7, 11) is 0. The van der Waals surface area contributed by atoms with Crippen molar-refractivity contribution in [1.82, 2.24) is 4.90 Å². The van der Waals surface area contributed by atoms with Gasteiger partial charge in [-0.2, -0.15) is 0 Å². The first-order valence-electron chi connectivity index (χ1n) is 6.63. The quantitative estimate of drug-likeness (QED) is 0.860. The molecule has 0 radical (unpaired) electrons. The number of rotatable bonds is 3. The number of imide groups is 1. The number of nitrogens with zero attached hydrogens (tertiary/aromatic N) is 1. The molecule has 0 saturated carbocycles. The van der Waals surface area contributed by atoms with Crippen molar-refractivity contribution in [2.45, 2.75) is 39.8 Å². The van der Waals surface area contributed by atoms with Gasteiger partial charge >= 0.3 is 0 Å². The molecule has 4 nitrogen and oxygen atoms in total. The molecule has 1 aromatic rings. The van der Waals surface area contributed by atoms with Crippen molar-refractivity contribution >= 4 is 11.8 Å². The van der Waals surface area contributed by atoms with Crippen LogP contribution in [0.15, 0.2) is 18.2 Å². The van der Waals surface area contributed by atoms with Crippen molar-refractivity contribution in [2.75, 3.05) is 0 Å². The highest BCUT2D eigenvalue weighted by atomic mass is 19.1. The molecule has 1 heterocycles. The van der Waals surface area contributed by atoms with Gasteiger partial charge in [-0.3, -0.25) is 14.5 Å². The number of nitrogens with two attached hydrogens (primary N) is 1. The number of hydrogen-bond acceptors (Lipinski definition) is 3. The third-order valence-electron chi connectivity index (χ3n) is 3.58. The molecule has 1 aromatic carbocycles. The molecule has 1 saturated heterocycles. The van der Waals surface area contributed by atoms with E-state index in [0.717, 1.165) is 5.56 Å². The second kappa shape index (κ2) is 5.32. The molecule has 20 heavy (non-hydrogen) atoms. The standard InChI is InChI=1S/C15H19FN2O2/c1-15(2)6-13(19)18(14(20)7-15)9-11-5-12(16)4-3-10(11)8-17/h3-5H,6-9,17H2,1-2H3. The summed E-state index contributed by atoms with van der Waals surface area (Å²) in [6, 6.07) is 4.25. The Labute approximate surface area is 117 Å². The number of carbonyl (C=O) groups is 2. The summed E-state index contributed by atoms with van der Waals surface area (Å²) in [4.78, 5) is 25.4. The van der Waals surface area contributed by atoms with E-state index in [1.807, 2.05) is 13.8 Å². The Kier molecular flexibility index (Phi) is 3.90. The molecule has 1 fully saturated rings. The maximum Gasteiger partial charge on any atom is 0.230 e. The normalized spacial score (nSPS) is 18.5. The van der Waals surface area contributed by atoms with E-state index in [2.05, 4.69) is 0 Å². The van der Waals surface area contributed by atoms with Crippen LogP contribution < -0.4 is 5.73 Å². The molecule has 0 atom stereocenters. The molecule has 5 heteroatoms. The van der Waals surface area contributed by atoms with Crippen molar-refractivity contribution in [1.29, 1.82) is 0 Å². The molecule has 1 aliphatic heterocycles. The molecule has 2 rings (SSSR count). The minimum atomic E-state index is -0.394. The van der Waals surface area contributed by atoms with E-state index in [1.165, 1.54) is 17.0 Å². The largest absolute Gasteiger partial charge is 0.326 e. The maximum atomic E-state index is 13.3. The first-order valence-corrected chi connectivity index (χ1v) is 6.63. The predicted molar refractivity (Wildman–Crippen MR) is 72.9 cm³/mol. The highest BCUT2D eigenvalue weighted by Crippen LogP contribution is 2.32. The lowest BCUT2D eigenvalue weighted by atomic mass is 9.81. The van der Waals surface area contributed by atoms with E-state index in [1.54, 1.807) is 6.07 Å². The second-order valence-corrected chi connectivity index (χ2v) is 6.01. The summed E-state index contributed by atoms with van der Waals surface area (Å²) in [5, 5.41) is 0. The van der Waals surface area contributed by atoms with E-state index in [0.29, 0.717) is 18.4 Å². The highest BCUT2D eigenvalue weighted by molar-refractivity contribution is 5.98. The molecular weight excluding hydrogens is 259 g/mol. The smallest absolute Gasteiger partial charge is 0.230 e. The molecule has 108 valence electrons. The Bertz CT molecular complexity index is 535. The van der Waals surface area contributed by atoms with Crippen LogP contribution in [0.4, 0.5) is 4.39 Å². The zero-order valence-electron chi connectivity index (χ0n) is 11.8. The Balaban J connectivity index is 2.24. The summed E-state index contributed by atoms with van der Waals surface area (Å²) in [6.07, 6.45) is 0.651. The Morgan fingerprint density at radius 3 is 2.35 bits per heavy atom. The third kappa shape index (κ3) is 3.04. The van der Waals surface area contributed by atoms with E-state index in [-0.39, 0.29) is 30.3 Å². The van der Waals surface area contributed by atoms with Crippen LogP contribution in [0.5, 0.6) is 0 Å². The summed E-state index contributed by atoms with van der Waals surface area (Å²) in [5.41, 5.74) is 6.64. The monoisotopic (exact) mass is 278 g/mol. The van der Waals surface area contributed by atoms with Crippen LogP contribution in [0.25, 0.3) is 0 Å². The van der Waals surface area contributed by atoms with Gasteiger partial charge in [-0.05, 0) is 28.7 Å². The molecule has 2 N–H and O–H groups in total. The number of amides is 2. The van der Waals surface area contributed by atoms with Crippen molar-refractivity contribution in [3.63, 3.8) is 0 Å². The van der Waals surface area contributed by atoms with Gasteiger partial charge in [0.25, 0.3) is 0 Å². The lowest BCUT2D eigenvalue weighted by Crippen LogP contribution is -2.45. The summed E-state index contributed by atoms with van der Waals surface area (Å²) < 4.78 is 13.3. The average molecular weight is 278 g/mol. The summed E-state index contributed by atoms with van der Waals surface area (Å²) in [6.45, 7) is 4.14. The molecule has 0 aromatic heterocycles. The number of hydrogen-bond donors (Lipinski definition) is 1. The van der Waals surface area contributed by atoms with Crippen molar-refractivity contribution in [2.24, 2.45) is 11.1 Å². The molecule has 0 bridgehead atoms. The van der Waals surface area contributed by atoms with Crippen LogP contribution in [-0.2, 0) is 22.7 Å². The van der Waals surface area contributed by atoms with E-state index < -0.39 is 5.82 Å². The Morgan fingerprint density at radius 1 is 1.20 bits per heavy atom. The lowest BCUT2D eigenvalue weighted by molar-refractivity contribution is -0.153. The Morgan fingerprint density at radius 2 is 1.80 bits per heavy atom. The van der Waals surface area contributed by atoms with Crippen LogP contribution in [0.3, 0.4) is 0 Å². The van der Waals surface area contributed by atoms with Gasteiger partial charge in [0.1, 0.15) is 5.82 Å². The van der Waals surface area contributed by atoms with Gasteiger partial charge in [0.2, 0.25) is 11.8 Å². The fraction of sp³-hybridized carbons (Fsp3) is 0.467. The first kappa shape index (κ1) is 14.7. The van der Waals surface area contributed by atoms with Gasteiger partial charge in [-0.15, -0.1) is 0 Å².